The maximum atomic E-state index is 13.1. The molecule has 1 fully saturated rings. The van der Waals surface area contributed by atoms with Gasteiger partial charge in [0.1, 0.15) is 17.1 Å². The number of carbonyl (C=O) groups excluding carboxylic acids is 3. The first-order chi connectivity index (χ1) is 14.4. The molecule has 9 nitrogen and oxygen atoms in total. The fourth-order valence-electron chi connectivity index (χ4n) is 2.96. The first kappa shape index (κ1) is 20.7. The topological polar surface area (TPSA) is 103 Å². The fraction of sp³-hybridized carbons (Fsp3) is 0.190. The molecule has 1 aliphatic heterocycles. The quantitative estimate of drug-likeness (QED) is 0.574. The maximum absolute atomic E-state index is 13.1. The van der Waals surface area contributed by atoms with Crippen LogP contribution in [0.25, 0.3) is 6.08 Å². The third-order valence-corrected chi connectivity index (χ3v) is 4.45. The number of hydrogen-bond acceptors (Lipinski definition) is 7. The molecule has 3 rings (SSSR count). The molecule has 9 heteroatoms. The van der Waals surface area contributed by atoms with Crippen LogP contribution in [0.4, 0.5) is 10.5 Å². The Morgan fingerprint density at radius 2 is 1.47 bits per heavy atom. The van der Waals surface area contributed by atoms with E-state index in [4.69, 9.17) is 18.9 Å². The number of benzene rings is 2. The van der Waals surface area contributed by atoms with Crippen LogP contribution in [0.2, 0.25) is 0 Å². The lowest BCUT2D eigenvalue weighted by Crippen LogP contribution is -2.54. The van der Waals surface area contributed by atoms with Crippen LogP contribution in [0.3, 0.4) is 0 Å². The molecule has 1 N–H and O–H groups in total. The number of ether oxygens (including phenoxy) is 4. The molecule has 0 spiro atoms. The van der Waals surface area contributed by atoms with Crippen LogP contribution in [0, 0.1) is 0 Å². The smallest absolute Gasteiger partial charge is 0.336 e. The molecular weight excluding hydrogens is 392 g/mol. The molecule has 0 bridgehead atoms. The number of carbonyl (C=O) groups is 3. The standard InChI is InChI=1S/C21H20N2O7/c1-27-13-6-8-16(28-2)15(11-13)23-20(25)14(19(24)22-21(23)26)9-12-5-7-17(29-3)18(10-12)30-4/h5-11H,1-4H3,(H,22,24,26). The van der Waals surface area contributed by atoms with Gasteiger partial charge in [-0.2, -0.15) is 0 Å². The zero-order valence-corrected chi connectivity index (χ0v) is 16.8. The van der Waals surface area contributed by atoms with Crippen molar-refractivity contribution in [2.75, 3.05) is 33.3 Å². The minimum Gasteiger partial charge on any atom is -0.497 e. The molecule has 0 radical (unpaired) electrons. The summed E-state index contributed by atoms with van der Waals surface area (Å²) in [6.07, 6.45) is 1.37. The van der Waals surface area contributed by atoms with Crippen molar-refractivity contribution in [3.63, 3.8) is 0 Å². The number of nitrogens with one attached hydrogen (secondary N) is 1. The third-order valence-electron chi connectivity index (χ3n) is 4.45. The Balaban J connectivity index is 2.07. The lowest BCUT2D eigenvalue weighted by atomic mass is 10.1. The van der Waals surface area contributed by atoms with E-state index in [0.717, 1.165) is 4.90 Å². The van der Waals surface area contributed by atoms with Crippen LogP contribution in [0.5, 0.6) is 23.0 Å². The summed E-state index contributed by atoms with van der Waals surface area (Å²) in [6, 6.07) is 8.68. The number of urea groups is 1. The summed E-state index contributed by atoms with van der Waals surface area (Å²) in [6.45, 7) is 0. The molecule has 2 aromatic carbocycles. The minimum absolute atomic E-state index is 0.144. The van der Waals surface area contributed by atoms with Crippen LogP contribution < -0.4 is 29.2 Å². The molecule has 1 heterocycles. The predicted octanol–water partition coefficient (Wildman–Crippen LogP) is 2.39. The largest absolute Gasteiger partial charge is 0.497 e. The van der Waals surface area contributed by atoms with Gasteiger partial charge < -0.3 is 18.9 Å². The third kappa shape index (κ3) is 3.77. The Bertz CT molecular complexity index is 1050. The second-order valence-electron chi connectivity index (χ2n) is 6.11. The number of anilines is 1. The number of barbiturate groups is 1. The molecule has 0 aromatic heterocycles. The molecular formula is C21H20N2O7. The molecule has 1 saturated heterocycles. The van der Waals surface area contributed by atoms with Gasteiger partial charge in [0, 0.05) is 6.07 Å². The Morgan fingerprint density at radius 3 is 2.10 bits per heavy atom. The van der Waals surface area contributed by atoms with Gasteiger partial charge in [-0.3, -0.25) is 14.9 Å². The molecule has 0 unspecified atom stereocenters. The monoisotopic (exact) mass is 412 g/mol. The summed E-state index contributed by atoms with van der Waals surface area (Å²) >= 11 is 0. The average molecular weight is 412 g/mol. The van der Waals surface area contributed by atoms with E-state index in [1.54, 1.807) is 30.3 Å². The first-order valence-electron chi connectivity index (χ1n) is 8.79. The summed E-state index contributed by atoms with van der Waals surface area (Å²) in [5, 5.41) is 2.18. The molecule has 0 saturated carbocycles. The van der Waals surface area contributed by atoms with E-state index in [2.05, 4.69) is 5.32 Å². The van der Waals surface area contributed by atoms with Crippen LogP contribution in [-0.2, 0) is 9.59 Å². The second-order valence-corrected chi connectivity index (χ2v) is 6.11. The minimum atomic E-state index is -0.888. The van der Waals surface area contributed by atoms with Gasteiger partial charge in [0.15, 0.2) is 11.5 Å². The van der Waals surface area contributed by atoms with E-state index in [1.165, 1.54) is 40.6 Å². The molecule has 156 valence electrons. The molecule has 0 atom stereocenters. The van der Waals surface area contributed by atoms with Gasteiger partial charge in [-0.05, 0) is 35.9 Å². The molecule has 1 aliphatic rings. The van der Waals surface area contributed by atoms with Gasteiger partial charge in [-0.25, -0.2) is 9.69 Å². The second kappa shape index (κ2) is 8.56. The van der Waals surface area contributed by atoms with Crippen LogP contribution in [0.1, 0.15) is 5.56 Å². The number of hydrogen-bond donors (Lipinski definition) is 1. The SMILES string of the molecule is COc1ccc(OC)c(N2C(=O)NC(=O)C(=Cc3ccc(OC)c(OC)c3)C2=O)c1. The van der Waals surface area contributed by atoms with Gasteiger partial charge in [0.2, 0.25) is 0 Å². The maximum Gasteiger partial charge on any atom is 0.336 e. The number of amides is 4. The summed E-state index contributed by atoms with van der Waals surface area (Å²) < 4.78 is 20.9. The average Bonchev–Trinajstić information content (AvgIpc) is 2.76. The zero-order chi connectivity index (χ0) is 21.8. The summed E-state index contributed by atoms with van der Waals surface area (Å²) in [5.74, 6) is -0.00858. The Labute approximate surface area is 172 Å². The highest BCUT2D eigenvalue weighted by molar-refractivity contribution is 6.39. The molecule has 0 aliphatic carbocycles. The lowest BCUT2D eigenvalue weighted by molar-refractivity contribution is -0.122. The van der Waals surface area contributed by atoms with Crippen molar-refractivity contribution in [1.29, 1.82) is 0 Å². The number of rotatable bonds is 6. The normalized spacial score (nSPS) is 15.1. The van der Waals surface area contributed by atoms with Crippen LogP contribution in [-0.4, -0.2) is 46.3 Å². The van der Waals surface area contributed by atoms with Crippen molar-refractivity contribution in [1.82, 2.24) is 5.32 Å². The Morgan fingerprint density at radius 1 is 0.800 bits per heavy atom. The van der Waals surface area contributed by atoms with Crippen LogP contribution in [0.15, 0.2) is 42.0 Å². The highest BCUT2D eigenvalue weighted by Crippen LogP contribution is 2.35. The summed E-state index contributed by atoms with van der Waals surface area (Å²) in [5.41, 5.74) is 0.426. The van der Waals surface area contributed by atoms with Crippen molar-refractivity contribution >= 4 is 29.6 Å². The van der Waals surface area contributed by atoms with Gasteiger partial charge >= 0.3 is 6.03 Å². The fourth-order valence-corrected chi connectivity index (χ4v) is 2.96. The van der Waals surface area contributed by atoms with Crippen molar-refractivity contribution in [2.24, 2.45) is 0 Å². The van der Waals surface area contributed by atoms with Gasteiger partial charge in [0.05, 0.1) is 34.1 Å². The summed E-state index contributed by atoms with van der Waals surface area (Å²) in [4.78, 5) is 38.8. The van der Waals surface area contributed by atoms with E-state index >= 15 is 0 Å². The van der Waals surface area contributed by atoms with Gasteiger partial charge in [-0.15, -0.1) is 0 Å². The highest BCUT2D eigenvalue weighted by Gasteiger charge is 2.38. The van der Waals surface area contributed by atoms with Crippen molar-refractivity contribution in [3.8, 4) is 23.0 Å². The molecule has 2 aromatic rings. The number of methoxy groups -OCH3 is 4. The van der Waals surface area contributed by atoms with Gasteiger partial charge in [-0.1, -0.05) is 6.07 Å². The van der Waals surface area contributed by atoms with E-state index in [1.807, 2.05) is 0 Å². The van der Waals surface area contributed by atoms with Crippen molar-refractivity contribution in [2.45, 2.75) is 0 Å². The van der Waals surface area contributed by atoms with E-state index in [0.29, 0.717) is 22.8 Å². The Hall–Kier alpha value is -4.01. The van der Waals surface area contributed by atoms with Crippen LogP contribution >= 0.6 is 0 Å². The van der Waals surface area contributed by atoms with Crippen molar-refractivity contribution < 1.29 is 33.3 Å². The molecule has 30 heavy (non-hydrogen) atoms. The molecule has 4 amide bonds. The lowest BCUT2D eigenvalue weighted by Gasteiger charge is -2.27. The number of imide groups is 2. The Kier molecular flexibility index (Phi) is 5.91. The number of nitrogens with zero attached hydrogens (tertiary/aromatic N) is 1. The highest BCUT2D eigenvalue weighted by atomic mass is 16.5. The van der Waals surface area contributed by atoms with Crippen molar-refractivity contribution in [3.05, 3.63) is 47.5 Å². The zero-order valence-electron chi connectivity index (χ0n) is 16.8. The van der Waals surface area contributed by atoms with E-state index in [9.17, 15) is 14.4 Å². The summed E-state index contributed by atoms with van der Waals surface area (Å²) in [7, 11) is 5.83. The van der Waals surface area contributed by atoms with E-state index in [-0.39, 0.29) is 17.0 Å². The predicted molar refractivity (Wildman–Crippen MR) is 108 cm³/mol. The van der Waals surface area contributed by atoms with E-state index < -0.39 is 17.8 Å². The van der Waals surface area contributed by atoms with Gasteiger partial charge in [0.25, 0.3) is 11.8 Å². The first-order valence-corrected chi connectivity index (χ1v) is 8.79.